The lowest BCUT2D eigenvalue weighted by Crippen LogP contribution is -1.73. The van der Waals surface area contributed by atoms with Gasteiger partial charge in [0.25, 0.3) is 0 Å². The highest BCUT2D eigenvalue weighted by atomic mass is 79.9. The zero-order valence-corrected chi connectivity index (χ0v) is 9.24. The molecule has 1 heterocycles. The fourth-order valence-corrected chi connectivity index (χ4v) is 1.80. The molecule has 70 valence electrons. The summed E-state index contributed by atoms with van der Waals surface area (Å²) < 4.78 is 0. The van der Waals surface area contributed by atoms with Gasteiger partial charge in [0.05, 0.1) is 5.52 Å². The number of hydrogen-bond donors (Lipinski definition) is 1. The second-order valence-electron chi connectivity index (χ2n) is 3.23. The van der Waals surface area contributed by atoms with E-state index in [0.717, 1.165) is 0 Å². The third kappa shape index (κ3) is 1.23. The monoisotopic (exact) mass is 247 g/mol. The second kappa shape index (κ2) is 3.46. The van der Waals surface area contributed by atoms with E-state index >= 15 is 0 Å². The smallest absolute Gasteiger partial charge is 0.0533 e. The first-order chi connectivity index (χ1) is 6.45. The quantitative estimate of drug-likeness (QED) is 0.621. The largest absolute Gasteiger partial charge is 0.361 e. The Morgan fingerprint density at radius 1 is 0.786 bits per heavy atom. The summed E-state index contributed by atoms with van der Waals surface area (Å²) in [4.78, 5) is 3.26. The van der Waals surface area contributed by atoms with Crippen LogP contribution in [0.3, 0.4) is 0 Å². The molecule has 0 unspecified atom stereocenters. The number of nitrogens with one attached hydrogen (secondary N) is 1. The molecule has 0 aliphatic heterocycles. The van der Waals surface area contributed by atoms with Gasteiger partial charge in [-0.3, -0.25) is 0 Å². The molecule has 0 saturated carbocycles. The van der Waals surface area contributed by atoms with E-state index in [-0.39, 0.29) is 17.0 Å². The van der Waals surface area contributed by atoms with E-state index in [1.807, 2.05) is 6.20 Å². The van der Waals surface area contributed by atoms with Crippen LogP contribution in [0.1, 0.15) is 0 Å². The normalized spacial score (nSPS) is 10.3. The van der Waals surface area contributed by atoms with Crippen molar-refractivity contribution in [1.29, 1.82) is 0 Å². The van der Waals surface area contributed by atoms with Crippen molar-refractivity contribution in [3.8, 4) is 0 Å². The zero-order valence-electron chi connectivity index (χ0n) is 7.53. The number of aromatic nitrogens is 1. The number of halogens is 1. The molecule has 1 aromatic heterocycles. The fourth-order valence-electron chi connectivity index (χ4n) is 1.80. The van der Waals surface area contributed by atoms with Crippen LogP contribution in [0.15, 0.2) is 48.7 Å². The van der Waals surface area contributed by atoms with E-state index in [2.05, 4.69) is 47.4 Å². The van der Waals surface area contributed by atoms with E-state index in [1.165, 1.54) is 21.7 Å². The van der Waals surface area contributed by atoms with Crippen LogP contribution in [0.5, 0.6) is 0 Å². The van der Waals surface area contributed by atoms with Crippen molar-refractivity contribution in [2.45, 2.75) is 0 Å². The minimum atomic E-state index is 0. The molecule has 0 spiro atoms. The van der Waals surface area contributed by atoms with Crippen molar-refractivity contribution in [3.05, 3.63) is 48.7 Å². The van der Waals surface area contributed by atoms with Crippen molar-refractivity contribution < 1.29 is 0 Å². The Morgan fingerprint density at radius 2 is 1.57 bits per heavy atom. The lowest BCUT2D eigenvalue weighted by Gasteiger charge is -1.97. The molecule has 2 heteroatoms. The predicted molar refractivity (Wildman–Crippen MR) is 66.1 cm³/mol. The van der Waals surface area contributed by atoms with E-state index in [0.29, 0.717) is 0 Å². The van der Waals surface area contributed by atoms with Crippen LogP contribution in [-0.4, -0.2) is 4.98 Å². The molecular formula is C12H10BrN. The number of H-pyrrole nitrogens is 1. The Labute approximate surface area is 92.5 Å². The molecule has 1 nitrogen and oxygen atoms in total. The Balaban J connectivity index is 0.000000750. The van der Waals surface area contributed by atoms with Gasteiger partial charge in [0, 0.05) is 17.0 Å². The molecule has 2 aromatic carbocycles. The van der Waals surface area contributed by atoms with Crippen molar-refractivity contribution in [3.63, 3.8) is 0 Å². The molecule has 1 N–H and O–H groups in total. The van der Waals surface area contributed by atoms with Crippen LogP contribution in [0.4, 0.5) is 0 Å². The van der Waals surface area contributed by atoms with Gasteiger partial charge in [0.1, 0.15) is 0 Å². The topological polar surface area (TPSA) is 15.8 Å². The molecule has 3 aromatic rings. The number of rotatable bonds is 0. The van der Waals surface area contributed by atoms with Gasteiger partial charge in [-0.05, 0) is 11.5 Å². The summed E-state index contributed by atoms with van der Waals surface area (Å²) in [6.45, 7) is 0. The number of hydrogen-bond acceptors (Lipinski definition) is 0. The summed E-state index contributed by atoms with van der Waals surface area (Å²) in [5, 5.41) is 3.86. The van der Waals surface area contributed by atoms with Gasteiger partial charge in [0.15, 0.2) is 0 Å². The third-order valence-corrected chi connectivity index (χ3v) is 2.45. The average molecular weight is 248 g/mol. The van der Waals surface area contributed by atoms with Gasteiger partial charge < -0.3 is 4.98 Å². The van der Waals surface area contributed by atoms with E-state index in [9.17, 15) is 0 Å². The number of aromatic amines is 1. The third-order valence-electron chi connectivity index (χ3n) is 2.45. The van der Waals surface area contributed by atoms with Crippen LogP contribution in [0.25, 0.3) is 21.7 Å². The van der Waals surface area contributed by atoms with Crippen molar-refractivity contribution in [2.75, 3.05) is 0 Å². The molecule has 3 rings (SSSR count). The van der Waals surface area contributed by atoms with Gasteiger partial charge in [-0.2, -0.15) is 0 Å². The average Bonchev–Trinajstić information content (AvgIpc) is 2.65. The molecule has 0 amide bonds. The summed E-state index contributed by atoms with van der Waals surface area (Å²) in [6.07, 6.45) is 1.98. The molecule has 0 radical (unpaired) electrons. The van der Waals surface area contributed by atoms with Crippen LogP contribution < -0.4 is 0 Å². The predicted octanol–water partition coefficient (Wildman–Crippen LogP) is 3.90. The van der Waals surface area contributed by atoms with Crippen LogP contribution in [0.2, 0.25) is 0 Å². The maximum atomic E-state index is 3.26. The van der Waals surface area contributed by atoms with Crippen molar-refractivity contribution in [2.24, 2.45) is 0 Å². The molecule has 0 bridgehead atoms. The number of benzene rings is 2. The summed E-state index contributed by atoms with van der Waals surface area (Å²) in [6, 6.07) is 14.8. The highest BCUT2D eigenvalue weighted by molar-refractivity contribution is 8.93. The standard InChI is InChI=1S/C12H9N.BrH/c1-2-4-11-9(3-1)5-6-10-7-8-13-12(10)11;/h1-8,13H;1H. The highest BCUT2D eigenvalue weighted by Gasteiger charge is 1.98. The van der Waals surface area contributed by atoms with Crippen LogP contribution in [0, 0.1) is 0 Å². The van der Waals surface area contributed by atoms with Crippen molar-refractivity contribution >= 4 is 38.7 Å². The van der Waals surface area contributed by atoms with Crippen LogP contribution in [-0.2, 0) is 0 Å². The molecule has 14 heavy (non-hydrogen) atoms. The highest BCUT2D eigenvalue weighted by Crippen LogP contribution is 2.23. The van der Waals surface area contributed by atoms with Gasteiger partial charge in [0.2, 0.25) is 0 Å². The van der Waals surface area contributed by atoms with Gasteiger partial charge in [-0.15, -0.1) is 17.0 Å². The second-order valence-corrected chi connectivity index (χ2v) is 3.23. The lowest BCUT2D eigenvalue weighted by atomic mass is 10.1. The Hall–Kier alpha value is -1.28. The lowest BCUT2D eigenvalue weighted by molar-refractivity contribution is 1.49. The number of fused-ring (bicyclic) bond motifs is 3. The van der Waals surface area contributed by atoms with Crippen LogP contribution >= 0.6 is 17.0 Å². The maximum absolute atomic E-state index is 3.26. The molecule has 0 saturated heterocycles. The maximum Gasteiger partial charge on any atom is 0.0533 e. The molecular weight excluding hydrogens is 238 g/mol. The first-order valence-electron chi connectivity index (χ1n) is 4.40. The minimum absolute atomic E-state index is 0. The Kier molecular flexibility index (Phi) is 2.30. The summed E-state index contributed by atoms with van der Waals surface area (Å²) in [5.41, 5.74) is 1.23. The summed E-state index contributed by atoms with van der Waals surface area (Å²) in [5.74, 6) is 0. The SMILES string of the molecule is Br.c1ccc2c(c1)ccc1cc[nH]c12. The summed E-state index contributed by atoms with van der Waals surface area (Å²) in [7, 11) is 0. The van der Waals surface area contributed by atoms with E-state index < -0.39 is 0 Å². The molecule has 0 aliphatic rings. The minimum Gasteiger partial charge on any atom is -0.361 e. The van der Waals surface area contributed by atoms with Gasteiger partial charge in [-0.1, -0.05) is 36.4 Å². The molecule has 0 fully saturated rings. The zero-order chi connectivity index (χ0) is 8.67. The van der Waals surface area contributed by atoms with Gasteiger partial charge in [-0.25, -0.2) is 0 Å². The first-order valence-corrected chi connectivity index (χ1v) is 4.40. The molecule has 0 atom stereocenters. The first kappa shape index (κ1) is 9.28. The molecule has 0 aliphatic carbocycles. The van der Waals surface area contributed by atoms with Gasteiger partial charge >= 0.3 is 0 Å². The fraction of sp³-hybridized carbons (Fsp3) is 0. The van der Waals surface area contributed by atoms with E-state index in [1.54, 1.807) is 0 Å². The Bertz CT molecular complexity index is 568. The van der Waals surface area contributed by atoms with E-state index in [4.69, 9.17) is 0 Å². The van der Waals surface area contributed by atoms with Crippen molar-refractivity contribution in [1.82, 2.24) is 4.98 Å². The summed E-state index contributed by atoms with van der Waals surface area (Å²) >= 11 is 0. The Morgan fingerprint density at radius 3 is 2.50 bits per heavy atom.